The maximum atomic E-state index is 14.6. The lowest BCUT2D eigenvalue weighted by molar-refractivity contribution is -0.392. The number of benzene rings is 3. The van der Waals surface area contributed by atoms with E-state index < -0.39 is 79.4 Å². The monoisotopic (exact) mass is 758 g/mol. The SMILES string of the molecule is CC(=O)N1CCN(C(=O)N2CCC(c3ccc(C(OCc4ccc(F)c(C#N)c4)(C(F)(F)F)C(F)(F)F)cc3)(S(=O)(=O)c3ccc(F)cc3)C2)CC1. The van der Waals surface area contributed by atoms with Gasteiger partial charge >= 0.3 is 18.4 Å². The first-order chi connectivity index (χ1) is 24.3. The van der Waals surface area contributed by atoms with Gasteiger partial charge in [-0.3, -0.25) is 4.79 Å². The van der Waals surface area contributed by atoms with E-state index in [1.807, 2.05) is 0 Å². The molecule has 0 saturated carbocycles. The van der Waals surface area contributed by atoms with Crippen molar-refractivity contribution < 1.29 is 57.9 Å². The third kappa shape index (κ3) is 6.78. The number of ether oxygens (including phenoxy) is 1. The normalized spacial score (nSPS) is 18.7. The Morgan fingerprint density at radius 1 is 0.827 bits per heavy atom. The molecule has 0 N–H and O–H groups in total. The summed E-state index contributed by atoms with van der Waals surface area (Å²) in [6.07, 6.45) is -12.6. The van der Waals surface area contributed by atoms with Gasteiger partial charge in [-0.25, -0.2) is 22.0 Å². The average molecular weight is 759 g/mol. The zero-order valence-electron chi connectivity index (χ0n) is 27.3. The van der Waals surface area contributed by atoms with Gasteiger partial charge in [0, 0.05) is 51.8 Å². The van der Waals surface area contributed by atoms with E-state index in [4.69, 9.17) is 5.26 Å². The second-order valence-electron chi connectivity index (χ2n) is 12.4. The Bertz CT molecular complexity index is 1960. The molecule has 0 aromatic heterocycles. The number of carbonyl (C=O) groups is 2. The van der Waals surface area contributed by atoms with Crippen molar-refractivity contribution in [3.05, 3.63) is 101 Å². The lowest BCUT2D eigenvalue weighted by Gasteiger charge is -2.38. The van der Waals surface area contributed by atoms with Gasteiger partial charge < -0.3 is 19.4 Å². The number of alkyl halides is 6. The Balaban J connectivity index is 1.55. The number of halogens is 8. The first-order valence-corrected chi connectivity index (χ1v) is 17.1. The van der Waals surface area contributed by atoms with E-state index in [-0.39, 0.29) is 56.2 Å². The van der Waals surface area contributed by atoms with Crippen LogP contribution in [0.3, 0.4) is 0 Å². The highest BCUT2D eigenvalue weighted by Crippen LogP contribution is 2.54. The number of likely N-dealkylation sites (tertiary alicyclic amines) is 1. The second-order valence-corrected chi connectivity index (χ2v) is 14.6. The minimum atomic E-state index is -6.13. The molecule has 18 heteroatoms. The molecule has 2 fully saturated rings. The van der Waals surface area contributed by atoms with E-state index in [9.17, 15) is 53.1 Å². The van der Waals surface area contributed by atoms with E-state index in [0.29, 0.717) is 18.2 Å². The number of rotatable bonds is 7. The summed E-state index contributed by atoms with van der Waals surface area (Å²) in [6, 6.07) is 9.28. The summed E-state index contributed by atoms with van der Waals surface area (Å²) in [5, 5.41) is 9.04. The van der Waals surface area contributed by atoms with Crippen LogP contribution < -0.4 is 0 Å². The van der Waals surface area contributed by atoms with Crippen molar-refractivity contribution in [3.63, 3.8) is 0 Å². The highest BCUT2D eigenvalue weighted by atomic mass is 32.2. The molecule has 5 rings (SSSR count). The van der Waals surface area contributed by atoms with Gasteiger partial charge in [-0.1, -0.05) is 30.3 Å². The van der Waals surface area contributed by atoms with Crippen LogP contribution in [0.1, 0.15) is 35.6 Å². The zero-order valence-corrected chi connectivity index (χ0v) is 28.1. The van der Waals surface area contributed by atoms with Crippen LogP contribution in [0.4, 0.5) is 39.9 Å². The summed E-state index contributed by atoms with van der Waals surface area (Å²) < 4.78 is 146. The number of amides is 3. The van der Waals surface area contributed by atoms with Crippen LogP contribution in [-0.4, -0.2) is 86.7 Å². The van der Waals surface area contributed by atoms with Gasteiger partial charge in [-0.05, 0) is 53.9 Å². The van der Waals surface area contributed by atoms with Crippen LogP contribution in [0.5, 0.6) is 0 Å². The predicted octanol–water partition coefficient (Wildman–Crippen LogP) is 6.03. The highest BCUT2D eigenvalue weighted by molar-refractivity contribution is 7.92. The van der Waals surface area contributed by atoms with Crippen molar-refractivity contribution in [2.24, 2.45) is 0 Å². The third-order valence-corrected chi connectivity index (χ3v) is 11.8. The minimum Gasteiger partial charge on any atom is -0.349 e. The molecular formula is C34H30F8N4O5S. The summed E-state index contributed by atoms with van der Waals surface area (Å²) in [5.41, 5.74) is -7.65. The molecule has 278 valence electrons. The molecule has 9 nitrogen and oxygen atoms in total. The Hall–Kier alpha value is -4.76. The molecule has 3 aromatic rings. The van der Waals surface area contributed by atoms with Crippen molar-refractivity contribution >= 4 is 21.8 Å². The lowest BCUT2D eigenvalue weighted by Crippen LogP contribution is -2.56. The smallest absolute Gasteiger partial charge is 0.349 e. The number of nitriles is 1. The largest absolute Gasteiger partial charge is 0.430 e. The van der Waals surface area contributed by atoms with Crippen LogP contribution in [0.2, 0.25) is 0 Å². The Morgan fingerprint density at radius 3 is 1.94 bits per heavy atom. The molecule has 3 amide bonds. The molecule has 52 heavy (non-hydrogen) atoms. The molecule has 2 saturated heterocycles. The maximum absolute atomic E-state index is 14.6. The van der Waals surface area contributed by atoms with Gasteiger partial charge in [-0.15, -0.1) is 0 Å². The van der Waals surface area contributed by atoms with Gasteiger partial charge in [-0.2, -0.15) is 31.6 Å². The van der Waals surface area contributed by atoms with Gasteiger partial charge in [0.15, 0.2) is 9.84 Å². The Labute approximate surface area is 292 Å². The number of hydrogen-bond donors (Lipinski definition) is 0. The van der Waals surface area contributed by atoms with Crippen LogP contribution in [-0.2, 0) is 36.3 Å². The number of sulfone groups is 1. The molecule has 0 aliphatic carbocycles. The van der Waals surface area contributed by atoms with Gasteiger partial charge in [0.05, 0.1) is 17.1 Å². The van der Waals surface area contributed by atoms with E-state index in [1.165, 1.54) is 27.7 Å². The molecule has 2 aliphatic rings. The number of urea groups is 1. The molecule has 2 aliphatic heterocycles. The molecule has 3 aromatic carbocycles. The number of piperazine rings is 1. The molecule has 0 spiro atoms. The van der Waals surface area contributed by atoms with E-state index in [2.05, 4.69) is 4.74 Å². The molecule has 0 bridgehead atoms. The summed E-state index contributed by atoms with van der Waals surface area (Å²) in [7, 11) is -4.61. The van der Waals surface area contributed by atoms with Crippen molar-refractivity contribution in [2.75, 3.05) is 39.3 Å². The highest BCUT2D eigenvalue weighted by Gasteiger charge is 2.73. The summed E-state index contributed by atoms with van der Waals surface area (Å²) >= 11 is 0. The Kier molecular flexibility index (Phi) is 10.4. The summed E-state index contributed by atoms with van der Waals surface area (Å²) in [6.45, 7) is 0.00160. The fraction of sp³-hybridized carbons (Fsp3) is 0.382. The Morgan fingerprint density at radius 2 is 1.40 bits per heavy atom. The van der Waals surface area contributed by atoms with Gasteiger partial charge in [0.25, 0.3) is 5.60 Å². The lowest BCUT2D eigenvalue weighted by atomic mass is 9.88. The number of nitrogens with zero attached hydrogens (tertiary/aromatic N) is 4. The van der Waals surface area contributed by atoms with Crippen molar-refractivity contribution in [3.8, 4) is 6.07 Å². The molecule has 0 radical (unpaired) electrons. The quantitative estimate of drug-likeness (QED) is 0.215. The van der Waals surface area contributed by atoms with Crippen molar-refractivity contribution in [2.45, 2.75) is 47.5 Å². The fourth-order valence-electron chi connectivity index (χ4n) is 6.49. The first-order valence-electron chi connectivity index (χ1n) is 15.6. The first kappa shape index (κ1) is 38.5. The standard InChI is InChI=1S/C34H30F8N4O5S/c1-22(47)44-14-16-45(17-15-44)30(48)46-13-12-31(21-46,52(49,50)28-9-7-27(35)8-10-28)25-3-5-26(6-4-25)32(33(37,38)39,34(40,41)42)51-20-23-2-11-29(36)24(18-23)19-43/h2-11,18H,12-17,20-21H2,1H3. The van der Waals surface area contributed by atoms with Crippen LogP contribution >= 0.6 is 0 Å². The second kappa shape index (κ2) is 14.0. The zero-order chi connectivity index (χ0) is 38.3. The maximum Gasteiger partial charge on any atom is 0.430 e. The minimum absolute atomic E-state index is 0.133. The molecule has 1 unspecified atom stereocenters. The number of carbonyl (C=O) groups excluding carboxylic acids is 2. The van der Waals surface area contributed by atoms with Crippen LogP contribution in [0, 0.1) is 23.0 Å². The van der Waals surface area contributed by atoms with Crippen molar-refractivity contribution in [1.82, 2.24) is 14.7 Å². The van der Waals surface area contributed by atoms with Gasteiger partial charge in [0.2, 0.25) is 5.91 Å². The summed E-state index contributed by atoms with van der Waals surface area (Å²) in [5.74, 6) is -2.02. The van der Waals surface area contributed by atoms with Gasteiger partial charge in [0.1, 0.15) is 22.5 Å². The molecule has 2 heterocycles. The fourth-order valence-corrected chi connectivity index (χ4v) is 8.57. The molecular weight excluding hydrogens is 728 g/mol. The van der Waals surface area contributed by atoms with Crippen LogP contribution in [0.15, 0.2) is 71.6 Å². The topological polar surface area (TPSA) is 111 Å². The number of hydrogen-bond acceptors (Lipinski definition) is 6. The van der Waals surface area contributed by atoms with Crippen molar-refractivity contribution in [1.29, 1.82) is 5.26 Å². The average Bonchev–Trinajstić information content (AvgIpc) is 3.56. The summed E-state index contributed by atoms with van der Waals surface area (Å²) in [4.78, 5) is 29.0. The van der Waals surface area contributed by atoms with E-state index in [0.717, 1.165) is 48.5 Å². The van der Waals surface area contributed by atoms with Crippen LogP contribution in [0.25, 0.3) is 0 Å². The van der Waals surface area contributed by atoms with E-state index in [1.54, 1.807) is 0 Å². The predicted molar refractivity (Wildman–Crippen MR) is 167 cm³/mol. The molecule has 1 atom stereocenters. The van der Waals surface area contributed by atoms with E-state index >= 15 is 0 Å². The third-order valence-electron chi connectivity index (χ3n) is 9.36.